The molecule has 0 aromatic carbocycles. The highest BCUT2D eigenvalue weighted by molar-refractivity contribution is 5.91. The van der Waals surface area contributed by atoms with Crippen LogP contribution in [0.25, 0.3) is 0 Å². The van der Waals surface area contributed by atoms with Gasteiger partial charge in [-0.2, -0.15) is 0 Å². The number of ether oxygens (including phenoxy) is 6. The first-order valence-corrected chi connectivity index (χ1v) is 24.9. The average molecular weight is 1010 g/mol. The molecule has 0 saturated carbocycles. The molecule has 0 radical (unpaired) electrons. The molecule has 3 atom stereocenters. The van der Waals surface area contributed by atoms with Gasteiger partial charge in [0.1, 0.15) is 0 Å². The summed E-state index contributed by atoms with van der Waals surface area (Å²) in [4.78, 5) is 84.1. The SMILES string of the molecule is C=C(C)C(=O)OCCCC.C=C(C)C(=O)OCCCC(C)CC.C=CC(=O)OCCCC.C=CC(=O)OCCCC(C)CC.CCC(C)CCCOC(=O)C=CC(=O)O.CCCCOC(=O)C=CC(=O)O. The summed E-state index contributed by atoms with van der Waals surface area (Å²) in [6, 6.07) is 0. The van der Waals surface area contributed by atoms with Crippen molar-refractivity contribution in [1.82, 2.24) is 0 Å². The molecular weight excluding hydrogens is 917 g/mol. The van der Waals surface area contributed by atoms with Crippen molar-refractivity contribution < 1.29 is 77.0 Å². The van der Waals surface area contributed by atoms with Gasteiger partial charge in [0.25, 0.3) is 0 Å². The summed E-state index contributed by atoms with van der Waals surface area (Å²) in [5.74, 6) is -2.61. The van der Waals surface area contributed by atoms with Crippen molar-refractivity contribution in [3.8, 4) is 0 Å². The number of hydrogen-bond acceptors (Lipinski definition) is 14. The van der Waals surface area contributed by atoms with Crippen molar-refractivity contribution in [2.24, 2.45) is 17.8 Å². The van der Waals surface area contributed by atoms with E-state index in [0.29, 0.717) is 56.7 Å². The van der Waals surface area contributed by atoms with Crippen LogP contribution in [0.2, 0.25) is 0 Å². The van der Waals surface area contributed by atoms with Crippen molar-refractivity contribution >= 4 is 47.8 Å². The lowest BCUT2D eigenvalue weighted by atomic mass is 10.0. The van der Waals surface area contributed by atoms with Gasteiger partial charge in [-0.3, -0.25) is 0 Å². The number of carbonyl (C=O) groups excluding carboxylic acids is 6. The first kappa shape index (κ1) is 76.7. The lowest BCUT2D eigenvalue weighted by Gasteiger charge is -2.08. The van der Waals surface area contributed by atoms with E-state index < -0.39 is 23.9 Å². The van der Waals surface area contributed by atoms with Gasteiger partial charge in [0.2, 0.25) is 0 Å². The Morgan fingerprint density at radius 2 is 0.648 bits per heavy atom. The molecule has 0 aromatic rings. The summed E-state index contributed by atoms with van der Waals surface area (Å²) in [5.41, 5.74) is 0.944. The molecule has 16 heteroatoms. The fourth-order valence-electron chi connectivity index (χ4n) is 4.10. The van der Waals surface area contributed by atoms with Crippen molar-refractivity contribution in [1.29, 1.82) is 0 Å². The molecule has 0 aliphatic heterocycles. The Bertz CT molecular complexity index is 1530. The minimum atomic E-state index is -1.15. The number of carboxylic acids is 2. The van der Waals surface area contributed by atoms with Gasteiger partial charge in [0.15, 0.2) is 0 Å². The maximum Gasteiger partial charge on any atom is 0.333 e. The number of rotatable bonds is 32. The Morgan fingerprint density at radius 3 is 0.873 bits per heavy atom. The Balaban J connectivity index is -0.000000180. The Morgan fingerprint density at radius 1 is 0.408 bits per heavy atom. The largest absolute Gasteiger partial charge is 0.478 e. The molecule has 0 heterocycles. The molecule has 0 fully saturated rings. The molecule has 3 unspecified atom stereocenters. The summed E-state index contributed by atoms with van der Waals surface area (Å²) < 4.78 is 28.7. The van der Waals surface area contributed by atoms with Crippen LogP contribution in [0.3, 0.4) is 0 Å². The quantitative estimate of drug-likeness (QED) is 0.0276. The molecule has 0 saturated heterocycles. The lowest BCUT2D eigenvalue weighted by molar-refractivity contribution is -0.139. The summed E-state index contributed by atoms with van der Waals surface area (Å²) in [6.45, 7) is 38.7. The Kier molecular flexibility index (Phi) is 63.2. The van der Waals surface area contributed by atoms with Crippen LogP contribution in [0.1, 0.15) is 172 Å². The number of carbonyl (C=O) groups is 8. The summed E-state index contributed by atoms with van der Waals surface area (Å²) in [5, 5.41) is 16.4. The van der Waals surface area contributed by atoms with E-state index >= 15 is 0 Å². The second kappa shape index (κ2) is 58.5. The molecule has 0 aromatic heterocycles. The van der Waals surface area contributed by atoms with Crippen LogP contribution in [0, 0.1) is 17.8 Å². The fourth-order valence-corrected chi connectivity index (χ4v) is 4.10. The van der Waals surface area contributed by atoms with Crippen LogP contribution in [0.5, 0.6) is 0 Å². The van der Waals surface area contributed by atoms with Gasteiger partial charge < -0.3 is 38.6 Å². The van der Waals surface area contributed by atoms with E-state index in [1.54, 1.807) is 13.8 Å². The van der Waals surface area contributed by atoms with Gasteiger partial charge in [-0.05, 0) is 89.4 Å². The topological polar surface area (TPSA) is 232 Å². The van der Waals surface area contributed by atoms with Gasteiger partial charge in [0.05, 0.1) is 39.6 Å². The molecule has 0 bridgehead atoms. The average Bonchev–Trinajstić information content (AvgIpc) is 3.34. The molecule has 0 spiro atoms. The number of unbranched alkanes of at least 4 members (excludes halogenated alkanes) is 3. The normalized spacial score (nSPS) is 11.0. The van der Waals surface area contributed by atoms with E-state index in [1.807, 2.05) is 13.8 Å². The lowest BCUT2D eigenvalue weighted by Crippen LogP contribution is -2.07. The van der Waals surface area contributed by atoms with Crippen molar-refractivity contribution in [2.75, 3.05) is 39.6 Å². The van der Waals surface area contributed by atoms with Gasteiger partial charge in [-0.25, -0.2) is 38.4 Å². The highest BCUT2D eigenvalue weighted by Crippen LogP contribution is 2.11. The molecule has 71 heavy (non-hydrogen) atoms. The van der Waals surface area contributed by atoms with Gasteiger partial charge in [-0.1, -0.05) is 127 Å². The molecule has 410 valence electrons. The third-order valence-electron chi connectivity index (χ3n) is 9.31. The summed E-state index contributed by atoms with van der Waals surface area (Å²) in [7, 11) is 0. The van der Waals surface area contributed by atoms with Crippen LogP contribution in [0.4, 0.5) is 0 Å². The smallest absolute Gasteiger partial charge is 0.333 e. The first-order chi connectivity index (χ1) is 33.5. The standard InChI is InChI=1S/C11H18O4.C11H20O2.C10H18O2.C8H12O4.C8H14O2.C7H12O2/c1-3-9(2)5-4-8-15-11(14)7-6-10(12)13;1-5-10(4)7-6-8-13-11(12)9(2)3;1-4-9(3)7-6-8-12-10(11)5-2;1-2-3-6-12-8(11)5-4-7(9)10;1-4-5-6-10-8(9)7(2)3;1-3-5-6-9-7(8)4-2/h6-7,9H,3-5,8H2,1-2H3,(H,12,13);10H,2,5-8H2,1,3-4H3;5,9H,2,4,6-8H2,1,3H3;4-5H,2-3,6H2,1H3,(H,9,10);2,4-6H2,1,3H3;4H,2-3,5-6H2,1H3. The van der Waals surface area contributed by atoms with E-state index in [0.717, 1.165) is 120 Å². The van der Waals surface area contributed by atoms with Crippen molar-refractivity contribution in [3.63, 3.8) is 0 Å². The van der Waals surface area contributed by atoms with Crippen LogP contribution in [-0.2, 0) is 66.8 Å². The molecule has 0 rings (SSSR count). The van der Waals surface area contributed by atoms with E-state index in [2.05, 4.69) is 84.3 Å². The second-order valence-electron chi connectivity index (χ2n) is 16.3. The second-order valence-corrected chi connectivity index (χ2v) is 16.3. The number of hydrogen-bond donors (Lipinski definition) is 2. The predicted octanol–water partition coefficient (Wildman–Crippen LogP) is 11.9. The molecule has 0 aliphatic carbocycles. The van der Waals surface area contributed by atoms with Crippen LogP contribution < -0.4 is 0 Å². The van der Waals surface area contributed by atoms with Gasteiger partial charge in [-0.15, -0.1) is 0 Å². The zero-order valence-electron chi connectivity index (χ0n) is 45.5. The van der Waals surface area contributed by atoms with Crippen LogP contribution >= 0.6 is 0 Å². The maximum absolute atomic E-state index is 10.9. The van der Waals surface area contributed by atoms with E-state index in [-0.39, 0.29) is 23.9 Å². The first-order valence-electron chi connectivity index (χ1n) is 24.9. The minimum Gasteiger partial charge on any atom is -0.478 e. The Hall–Kier alpha value is -5.80. The minimum absolute atomic E-state index is 0.274. The van der Waals surface area contributed by atoms with Gasteiger partial charge >= 0.3 is 47.8 Å². The molecule has 0 amide bonds. The van der Waals surface area contributed by atoms with Crippen molar-refractivity contribution in [2.45, 2.75) is 172 Å². The van der Waals surface area contributed by atoms with Gasteiger partial charge in [0, 0.05) is 47.6 Å². The number of aliphatic carboxylic acids is 2. The van der Waals surface area contributed by atoms with E-state index in [9.17, 15) is 38.4 Å². The molecule has 16 nitrogen and oxygen atoms in total. The third kappa shape index (κ3) is 73.3. The number of carboxylic acid groups (broad SMARTS) is 2. The van der Waals surface area contributed by atoms with Crippen LogP contribution in [-0.4, -0.2) is 97.6 Å². The fraction of sp³-hybridized carbons (Fsp3) is 0.636. The summed E-state index contributed by atoms with van der Waals surface area (Å²) in [6.07, 6.45) is 20.9. The third-order valence-corrected chi connectivity index (χ3v) is 9.31. The zero-order chi connectivity index (χ0) is 55.8. The zero-order valence-corrected chi connectivity index (χ0v) is 45.5. The Labute approximate surface area is 427 Å². The highest BCUT2D eigenvalue weighted by atomic mass is 16.5. The molecule has 2 N–H and O–H groups in total. The molecule has 0 aliphatic rings. The highest BCUT2D eigenvalue weighted by Gasteiger charge is 2.05. The molecular formula is C55H94O16. The van der Waals surface area contributed by atoms with Crippen molar-refractivity contribution in [3.05, 3.63) is 73.9 Å². The number of esters is 6. The maximum atomic E-state index is 10.9. The van der Waals surface area contributed by atoms with E-state index in [1.165, 1.54) is 25.0 Å². The summed E-state index contributed by atoms with van der Waals surface area (Å²) >= 11 is 0. The van der Waals surface area contributed by atoms with Crippen LogP contribution in [0.15, 0.2) is 73.9 Å². The predicted molar refractivity (Wildman–Crippen MR) is 280 cm³/mol. The monoisotopic (exact) mass is 1010 g/mol. The van der Waals surface area contributed by atoms with E-state index in [4.69, 9.17) is 29.2 Å².